The van der Waals surface area contributed by atoms with Gasteiger partial charge in [-0.1, -0.05) is 6.08 Å². The molecule has 0 unspecified atom stereocenters. The van der Waals surface area contributed by atoms with Crippen molar-refractivity contribution in [3.05, 3.63) is 12.2 Å². The molecular formula is C16H28O7. The van der Waals surface area contributed by atoms with Gasteiger partial charge in [0.25, 0.3) is 0 Å². The Balaban J connectivity index is 2.35. The van der Waals surface area contributed by atoms with Crippen molar-refractivity contribution in [1.82, 2.24) is 0 Å². The van der Waals surface area contributed by atoms with E-state index >= 15 is 0 Å². The fourth-order valence-corrected chi connectivity index (χ4v) is 2.20. The highest BCUT2D eigenvalue weighted by Crippen LogP contribution is 2.23. The Hall–Kier alpha value is -0.990. The lowest BCUT2D eigenvalue weighted by atomic mass is 10.00. The van der Waals surface area contributed by atoms with Gasteiger partial charge in [-0.25, -0.2) is 4.79 Å². The molecule has 1 fully saturated rings. The van der Waals surface area contributed by atoms with Crippen LogP contribution in [0.3, 0.4) is 0 Å². The number of allylic oxidation sites excluding steroid dienone is 1. The number of hydrogen-bond acceptors (Lipinski definition) is 7. The molecule has 0 amide bonds. The van der Waals surface area contributed by atoms with Crippen LogP contribution in [0.5, 0.6) is 0 Å². The average molecular weight is 332 g/mol. The predicted molar refractivity (Wildman–Crippen MR) is 82.5 cm³/mol. The fraction of sp³-hybridized carbons (Fsp3) is 0.812. The third-order valence-corrected chi connectivity index (χ3v) is 3.52. The summed E-state index contributed by atoms with van der Waals surface area (Å²) in [7, 11) is 0. The highest BCUT2D eigenvalue weighted by atomic mass is 16.7. The van der Waals surface area contributed by atoms with E-state index in [2.05, 4.69) is 0 Å². The summed E-state index contributed by atoms with van der Waals surface area (Å²) in [5.74, 6) is -0.384. The van der Waals surface area contributed by atoms with E-state index in [1.54, 1.807) is 33.8 Å². The standard InChI is InChI=1S/C16H28O7/c1-9(2)21-12(17)8-6-5-7-10(3)22-16-15(20)14(19)13(18)11(4)23-16/h6,8-11,13-16,18-20H,5,7H2,1-4H3/b8-6+/t10-,11+,13-,14-,15+,16-/m1/s1. The van der Waals surface area contributed by atoms with E-state index in [1.165, 1.54) is 6.08 Å². The van der Waals surface area contributed by atoms with E-state index in [0.717, 1.165) is 0 Å². The Morgan fingerprint density at radius 1 is 1.17 bits per heavy atom. The van der Waals surface area contributed by atoms with Crippen molar-refractivity contribution in [2.24, 2.45) is 0 Å². The summed E-state index contributed by atoms with van der Waals surface area (Å²) in [6.07, 6.45) is -1.51. The second-order valence-electron chi connectivity index (χ2n) is 6.09. The summed E-state index contributed by atoms with van der Waals surface area (Å²) in [6.45, 7) is 6.97. The summed E-state index contributed by atoms with van der Waals surface area (Å²) < 4.78 is 15.9. The summed E-state index contributed by atoms with van der Waals surface area (Å²) in [5, 5.41) is 29.2. The molecule has 1 aliphatic heterocycles. The second-order valence-corrected chi connectivity index (χ2v) is 6.09. The van der Waals surface area contributed by atoms with Crippen LogP contribution in [0.1, 0.15) is 40.5 Å². The SMILES string of the molecule is CC(C)OC(=O)/C=C/CC[C@@H](C)O[C@@H]1O[C@@H](C)[C@@H](O)[C@@H](O)[C@@H]1O. The lowest BCUT2D eigenvalue weighted by Crippen LogP contribution is -2.57. The van der Waals surface area contributed by atoms with Crippen LogP contribution >= 0.6 is 0 Å². The second kappa shape index (κ2) is 9.34. The molecule has 0 saturated carbocycles. The van der Waals surface area contributed by atoms with Crippen LogP contribution in [0.15, 0.2) is 12.2 Å². The first-order valence-electron chi connectivity index (χ1n) is 7.94. The molecule has 1 aliphatic rings. The molecule has 134 valence electrons. The van der Waals surface area contributed by atoms with Gasteiger partial charge in [0.1, 0.15) is 18.3 Å². The van der Waals surface area contributed by atoms with Crippen LogP contribution in [-0.2, 0) is 19.0 Å². The first-order chi connectivity index (χ1) is 10.7. The number of carbonyl (C=O) groups excluding carboxylic acids is 1. The maximum Gasteiger partial charge on any atom is 0.330 e. The minimum absolute atomic E-state index is 0.150. The lowest BCUT2D eigenvalue weighted by molar-refractivity contribution is -0.302. The number of aliphatic hydroxyl groups is 3. The van der Waals surface area contributed by atoms with Gasteiger partial charge in [-0.2, -0.15) is 0 Å². The van der Waals surface area contributed by atoms with E-state index in [1.807, 2.05) is 0 Å². The maximum absolute atomic E-state index is 11.3. The normalized spacial score (nSPS) is 33.1. The van der Waals surface area contributed by atoms with Gasteiger partial charge in [-0.15, -0.1) is 0 Å². The first-order valence-corrected chi connectivity index (χ1v) is 7.94. The van der Waals surface area contributed by atoms with Crippen molar-refractivity contribution < 1.29 is 34.3 Å². The first kappa shape index (κ1) is 20.1. The average Bonchev–Trinajstić information content (AvgIpc) is 2.46. The number of carbonyl (C=O) groups is 1. The minimum Gasteiger partial charge on any atom is -0.460 e. The quantitative estimate of drug-likeness (QED) is 0.461. The molecule has 0 aromatic carbocycles. The van der Waals surface area contributed by atoms with Crippen molar-refractivity contribution in [1.29, 1.82) is 0 Å². The Bertz CT molecular complexity index is 396. The Kier molecular flexibility index (Phi) is 8.15. The summed E-state index contributed by atoms with van der Waals surface area (Å²) in [5.41, 5.74) is 0. The molecule has 1 rings (SSSR count). The predicted octanol–water partition coefficient (Wildman–Crippen LogP) is 0.507. The van der Waals surface area contributed by atoms with Gasteiger partial charge in [0.15, 0.2) is 6.29 Å². The van der Waals surface area contributed by atoms with Crippen molar-refractivity contribution in [3.8, 4) is 0 Å². The van der Waals surface area contributed by atoms with Crippen LogP contribution in [0.25, 0.3) is 0 Å². The van der Waals surface area contributed by atoms with Crippen LogP contribution in [0, 0.1) is 0 Å². The zero-order valence-electron chi connectivity index (χ0n) is 14.1. The van der Waals surface area contributed by atoms with Gasteiger partial charge >= 0.3 is 5.97 Å². The number of ether oxygens (including phenoxy) is 3. The van der Waals surface area contributed by atoms with E-state index < -0.39 is 30.7 Å². The van der Waals surface area contributed by atoms with Crippen molar-refractivity contribution >= 4 is 5.97 Å². The molecule has 0 radical (unpaired) electrons. The van der Waals surface area contributed by atoms with Crippen LogP contribution in [0.2, 0.25) is 0 Å². The molecule has 1 heterocycles. The van der Waals surface area contributed by atoms with Crippen LogP contribution in [0.4, 0.5) is 0 Å². The van der Waals surface area contributed by atoms with Crippen LogP contribution < -0.4 is 0 Å². The molecule has 0 aliphatic carbocycles. The van der Waals surface area contributed by atoms with E-state index in [4.69, 9.17) is 14.2 Å². The summed E-state index contributed by atoms with van der Waals surface area (Å²) in [6, 6.07) is 0. The molecule has 0 aromatic rings. The van der Waals surface area contributed by atoms with Crippen molar-refractivity contribution in [3.63, 3.8) is 0 Å². The Labute approximate surface area is 136 Å². The Morgan fingerprint density at radius 2 is 1.83 bits per heavy atom. The zero-order chi connectivity index (χ0) is 17.6. The molecule has 1 saturated heterocycles. The smallest absolute Gasteiger partial charge is 0.330 e. The number of hydrogen-bond donors (Lipinski definition) is 3. The third kappa shape index (κ3) is 6.56. The highest BCUT2D eigenvalue weighted by molar-refractivity contribution is 5.81. The summed E-state index contributed by atoms with van der Waals surface area (Å²) in [4.78, 5) is 11.3. The lowest BCUT2D eigenvalue weighted by Gasteiger charge is -2.39. The van der Waals surface area contributed by atoms with Crippen LogP contribution in [-0.4, -0.2) is 64.2 Å². The van der Waals surface area contributed by atoms with Gasteiger partial charge in [-0.3, -0.25) is 0 Å². The molecule has 0 spiro atoms. The number of esters is 1. The topological polar surface area (TPSA) is 105 Å². The molecule has 23 heavy (non-hydrogen) atoms. The van der Waals surface area contributed by atoms with Crippen molar-refractivity contribution in [2.45, 2.75) is 83.5 Å². The molecule has 0 aromatic heterocycles. The van der Waals surface area contributed by atoms with E-state index in [-0.39, 0.29) is 18.2 Å². The molecule has 6 atom stereocenters. The van der Waals surface area contributed by atoms with Gasteiger partial charge in [-0.05, 0) is 40.5 Å². The van der Waals surface area contributed by atoms with Gasteiger partial charge in [0.05, 0.1) is 18.3 Å². The van der Waals surface area contributed by atoms with Gasteiger partial charge < -0.3 is 29.5 Å². The molecule has 3 N–H and O–H groups in total. The fourth-order valence-electron chi connectivity index (χ4n) is 2.20. The molecule has 7 nitrogen and oxygen atoms in total. The van der Waals surface area contributed by atoms with Gasteiger partial charge in [0.2, 0.25) is 0 Å². The summed E-state index contributed by atoms with van der Waals surface area (Å²) >= 11 is 0. The molecular weight excluding hydrogens is 304 g/mol. The molecule has 7 heteroatoms. The monoisotopic (exact) mass is 332 g/mol. The number of rotatable bonds is 7. The maximum atomic E-state index is 11.3. The Morgan fingerprint density at radius 3 is 2.43 bits per heavy atom. The highest BCUT2D eigenvalue weighted by Gasteiger charge is 2.42. The molecule has 0 bridgehead atoms. The van der Waals surface area contributed by atoms with Gasteiger partial charge in [0, 0.05) is 6.08 Å². The zero-order valence-corrected chi connectivity index (χ0v) is 14.1. The van der Waals surface area contributed by atoms with E-state index in [0.29, 0.717) is 12.8 Å². The minimum atomic E-state index is -1.31. The van der Waals surface area contributed by atoms with Crippen molar-refractivity contribution in [2.75, 3.05) is 0 Å². The number of aliphatic hydroxyl groups excluding tert-OH is 3. The third-order valence-electron chi connectivity index (χ3n) is 3.52. The van der Waals surface area contributed by atoms with E-state index in [9.17, 15) is 20.1 Å². The largest absolute Gasteiger partial charge is 0.460 e.